The molecule has 0 aromatic rings. The Kier molecular flexibility index (Phi) is 52.4. The van der Waals surface area contributed by atoms with Crippen molar-refractivity contribution in [2.24, 2.45) is 0 Å². The second kappa shape index (κ2) is 53.2. The minimum Gasteiger partial charge on any atom is -0.382 e. The summed E-state index contributed by atoms with van der Waals surface area (Å²) in [5.74, 6) is -0.173. The van der Waals surface area contributed by atoms with Crippen molar-refractivity contribution in [2.45, 2.75) is 232 Å². The number of unbranched alkanes of at least 4 members (excludes halogenated alkanes) is 30. The number of nitrogens with one attached hydrogen (secondary N) is 2. The number of hydrogen-bond acceptors (Lipinski definition) is 10. The van der Waals surface area contributed by atoms with Crippen LogP contribution in [-0.2, 0) is 42.1 Å². The van der Waals surface area contributed by atoms with Gasteiger partial charge in [0.05, 0.1) is 59.5 Å². The van der Waals surface area contributed by atoms with E-state index in [9.17, 15) is 14.2 Å². The van der Waals surface area contributed by atoms with Gasteiger partial charge in [0.1, 0.15) is 6.29 Å². The highest BCUT2D eigenvalue weighted by Crippen LogP contribution is 2.49. The van der Waals surface area contributed by atoms with Gasteiger partial charge in [-0.05, 0) is 19.9 Å². The zero-order valence-electron chi connectivity index (χ0n) is 43.8. The van der Waals surface area contributed by atoms with Gasteiger partial charge in [-0.1, -0.05) is 206 Å². The van der Waals surface area contributed by atoms with Gasteiger partial charge >= 0.3 is 7.60 Å². The van der Waals surface area contributed by atoms with Crippen molar-refractivity contribution in [2.75, 3.05) is 99.5 Å². The minimum atomic E-state index is -3.34. The molecule has 2 amide bonds. The summed E-state index contributed by atoms with van der Waals surface area (Å²) in [6.07, 6.45) is 42.6. The molecule has 0 aliphatic carbocycles. The van der Waals surface area contributed by atoms with E-state index in [4.69, 9.17) is 28.0 Å². The Hall–Kier alpha value is -1.11. The Bertz CT molecular complexity index is 1020. The van der Waals surface area contributed by atoms with E-state index < -0.39 is 7.60 Å². The summed E-state index contributed by atoms with van der Waals surface area (Å²) in [7, 11) is 0.153. The second-order valence-corrected chi connectivity index (χ2v) is 20.7. The number of methoxy groups -OCH3 is 1. The Morgan fingerprint density at radius 3 is 1.09 bits per heavy atom. The van der Waals surface area contributed by atoms with E-state index in [1.165, 1.54) is 180 Å². The summed E-state index contributed by atoms with van der Waals surface area (Å²) in [6.45, 7) is 9.64. The van der Waals surface area contributed by atoms with Gasteiger partial charge in [0.2, 0.25) is 11.8 Å². The van der Waals surface area contributed by atoms with Crippen molar-refractivity contribution >= 4 is 19.4 Å². The van der Waals surface area contributed by atoms with E-state index in [0.717, 1.165) is 25.7 Å². The maximum atomic E-state index is 14.0. The lowest BCUT2D eigenvalue weighted by Crippen LogP contribution is -2.32. The molecular formula is C53H108N3O9P. The van der Waals surface area contributed by atoms with Crippen LogP contribution in [0, 0.1) is 0 Å². The van der Waals surface area contributed by atoms with E-state index in [1.807, 2.05) is 11.9 Å². The molecule has 0 unspecified atom stereocenters. The molecule has 394 valence electrons. The average Bonchev–Trinajstić information content (AvgIpc) is 3.31. The van der Waals surface area contributed by atoms with Crippen molar-refractivity contribution < 1.29 is 42.1 Å². The predicted molar refractivity (Wildman–Crippen MR) is 276 cm³/mol. The first-order valence-electron chi connectivity index (χ1n) is 27.7. The largest absolute Gasteiger partial charge is 0.382 e. The Labute approximate surface area is 407 Å². The Morgan fingerprint density at radius 2 is 0.727 bits per heavy atom. The fourth-order valence-corrected chi connectivity index (χ4v) is 9.70. The molecule has 0 atom stereocenters. The van der Waals surface area contributed by atoms with Crippen LogP contribution < -0.4 is 10.6 Å². The molecular weight excluding hydrogens is 854 g/mol. The van der Waals surface area contributed by atoms with Crippen LogP contribution in [0.15, 0.2) is 0 Å². The molecule has 2 N–H and O–H groups in total. The van der Waals surface area contributed by atoms with Gasteiger partial charge in [-0.2, -0.15) is 0 Å². The van der Waals surface area contributed by atoms with Crippen LogP contribution in [0.2, 0.25) is 0 Å². The third kappa shape index (κ3) is 50.8. The molecule has 66 heavy (non-hydrogen) atoms. The third-order valence-electron chi connectivity index (χ3n) is 12.1. The standard InChI is InChI=1S/C53H108N3O9P/c1-5-7-9-11-13-15-17-19-21-23-25-27-29-31-33-35-42-64-66(59,65-43-36-34-32-30-28-26-24-22-20-18-16-14-12-10-8-6-2)51-56(3)41-37-52(57)54-39-46-63-50-49-61-44-38-53(58)55-40-45-62-48-47-60-4/h5-51H2,1-4H3,(H,54,57)(H,55,58). The number of nitrogens with zero attached hydrogens (tertiary/aromatic N) is 1. The Morgan fingerprint density at radius 1 is 0.409 bits per heavy atom. The van der Waals surface area contributed by atoms with E-state index in [1.54, 1.807) is 7.11 Å². The van der Waals surface area contributed by atoms with Gasteiger partial charge < -0.3 is 38.6 Å². The average molecular weight is 962 g/mol. The van der Waals surface area contributed by atoms with Gasteiger partial charge in [0.15, 0.2) is 0 Å². The summed E-state index contributed by atoms with van der Waals surface area (Å²) in [4.78, 5) is 26.3. The lowest BCUT2D eigenvalue weighted by molar-refractivity contribution is -0.122. The van der Waals surface area contributed by atoms with Crippen LogP contribution in [0.5, 0.6) is 0 Å². The molecule has 0 aliphatic rings. The molecule has 0 heterocycles. The van der Waals surface area contributed by atoms with Crippen LogP contribution in [0.3, 0.4) is 0 Å². The summed E-state index contributed by atoms with van der Waals surface area (Å²) in [6, 6.07) is 0. The highest BCUT2D eigenvalue weighted by atomic mass is 31.2. The van der Waals surface area contributed by atoms with E-state index >= 15 is 0 Å². The number of carbonyl (C=O) groups excluding carboxylic acids is 2. The molecule has 0 fully saturated rings. The maximum absolute atomic E-state index is 14.0. The number of hydrogen-bond donors (Lipinski definition) is 2. The van der Waals surface area contributed by atoms with Crippen molar-refractivity contribution in [1.82, 2.24) is 15.5 Å². The number of carbonyl (C=O) groups is 2. The van der Waals surface area contributed by atoms with Crippen molar-refractivity contribution in [3.8, 4) is 0 Å². The second-order valence-electron chi connectivity index (χ2n) is 18.6. The number of ether oxygens (including phenoxy) is 4. The zero-order chi connectivity index (χ0) is 48.1. The summed E-state index contributed by atoms with van der Waals surface area (Å²) in [5, 5.41) is 5.68. The quantitative estimate of drug-likeness (QED) is 0.0448. The first kappa shape index (κ1) is 64.9. The smallest absolute Gasteiger partial charge is 0.344 e. The van der Waals surface area contributed by atoms with Crippen LogP contribution >= 0.6 is 7.60 Å². The van der Waals surface area contributed by atoms with Crippen LogP contribution in [0.1, 0.15) is 232 Å². The monoisotopic (exact) mass is 962 g/mol. The molecule has 0 aromatic heterocycles. The van der Waals surface area contributed by atoms with E-state index in [0.29, 0.717) is 79.1 Å². The molecule has 0 rings (SSSR count). The minimum absolute atomic E-state index is 0.0846. The molecule has 0 aromatic carbocycles. The summed E-state index contributed by atoms with van der Waals surface area (Å²) >= 11 is 0. The molecule has 0 radical (unpaired) electrons. The molecule has 0 saturated carbocycles. The summed E-state index contributed by atoms with van der Waals surface area (Å²) in [5.41, 5.74) is 0. The van der Waals surface area contributed by atoms with Crippen molar-refractivity contribution in [1.29, 1.82) is 0 Å². The van der Waals surface area contributed by atoms with Gasteiger partial charge in [0, 0.05) is 39.6 Å². The SMILES string of the molecule is CCCCCCCCCCCCCCCCCCOP(=O)(CN(C)CCC(=O)NCCOCCOCCC(=O)NCCOCCOC)OCCCCCCCCCCCCCCCCCC. The lowest BCUT2D eigenvalue weighted by atomic mass is 10.0. The van der Waals surface area contributed by atoms with E-state index in [-0.39, 0.29) is 30.9 Å². The van der Waals surface area contributed by atoms with Crippen LogP contribution in [0.4, 0.5) is 0 Å². The molecule has 0 bridgehead atoms. The highest BCUT2D eigenvalue weighted by molar-refractivity contribution is 7.53. The summed E-state index contributed by atoms with van der Waals surface area (Å²) < 4.78 is 47.4. The van der Waals surface area contributed by atoms with Crippen molar-refractivity contribution in [3.63, 3.8) is 0 Å². The predicted octanol–water partition coefficient (Wildman–Crippen LogP) is 13.3. The third-order valence-corrected chi connectivity index (χ3v) is 14.1. The number of rotatable bonds is 56. The first-order valence-corrected chi connectivity index (χ1v) is 29.4. The zero-order valence-corrected chi connectivity index (χ0v) is 44.7. The van der Waals surface area contributed by atoms with Crippen molar-refractivity contribution in [3.05, 3.63) is 0 Å². The Balaban J connectivity index is 4.33. The molecule has 0 spiro atoms. The van der Waals surface area contributed by atoms with Gasteiger partial charge in [0.25, 0.3) is 0 Å². The van der Waals surface area contributed by atoms with Crippen LogP contribution in [-0.4, -0.2) is 116 Å². The lowest BCUT2D eigenvalue weighted by Gasteiger charge is -2.24. The molecule has 12 nitrogen and oxygen atoms in total. The molecule has 13 heteroatoms. The van der Waals surface area contributed by atoms with E-state index in [2.05, 4.69) is 24.5 Å². The highest BCUT2D eigenvalue weighted by Gasteiger charge is 2.27. The van der Waals surface area contributed by atoms with Gasteiger partial charge in [-0.15, -0.1) is 0 Å². The molecule has 0 aliphatic heterocycles. The van der Waals surface area contributed by atoms with Gasteiger partial charge in [-0.3, -0.25) is 19.1 Å². The normalized spacial score (nSPS) is 11.8. The van der Waals surface area contributed by atoms with Gasteiger partial charge in [-0.25, -0.2) is 0 Å². The van der Waals surface area contributed by atoms with Crippen LogP contribution in [0.25, 0.3) is 0 Å². The first-order chi connectivity index (χ1) is 32.4. The number of amides is 2. The maximum Gasteiger partial charge on any atom is 0.344 e. The molecule has 0 saturated heterocycles. The topological polar surface area (TPSA) is 134 Å². The fraction of sp³-hybridized carbons (Fsp3) is 0.962. The fourth-order valence-electron chi connectivity index (χ4n) is 7.92.